The normalized spacial score (nSPS) is 12.5. The van der Waals surface area contributed by atoms with Crippen LogP contribution in [0.5, 0.6) is 5.75 Å². The average molecular weight is 298 g/mol. The zero-order chi connectivity index (χ0) is 14.7. The largest absolute Gasteiger partial charge is 0.497 e. The predicted octanol–water partition coefficient (Wildman–Crippen LogP) is 3.94. The summed E-state index contributed by atoms with van der Waals surface area (Å²) < 4.78 is 6.41. The molecule has 1 unspecified atom stereocenters. The van der Waals surface area contributed by atoms with Crippen molar-refractivity contribution in [2.24, 2.45) is 5.73 Å². The number of ether oxygens (including phenoxy) is 1. The predicted molar refractivity (Wildman–Crippen MR) is 87.9 cm³/mol. The lowest BCUT2D eigenvalue weighted by atomic mass is 10.0. The van der Waals surface area contributed by atoms with Gasteiger partial charge >= 0.3 is 0 Å². The third-order valence-corrected chi connectivity index (χ3v) is 4.61. The van der Waals surface area contributed by atoms with Gasteiger partial charge in [-0.2, -0.15) is 0 Å². The van der Waals surface area contributed by atoms with Gasteiger partial charge in [-0.15, -0.1) is 11.3 Å². The molecule has 0 fully saturated rings. The molecule has 1 heterocycles. The van der Waals surface area contributed by atoms with Gasteiger partial charge < -0.3 is 10.5 Å². The van der Waals surface area contributed by atoms with E-state index in [0.29, 0.717) is 0 Å². The molecule has 108 valence electrons. The minimum absolute atomic E-state index is 0.0627. The van der Waals surface area contributed by atoms with Crippen molar-refractivity contribution < 1.29 is 4.74 Å². The van der Waals surface area contributed by atoms with Gasteiger partial charge in [0.15, 0.2) is 0 Å². The maximum Gasteiger partial charge on any atom is 0.120 e. The second-order valence-electron chi connectivity index (χ2n) is 5.00. The Balaban J connectivity index is 1.70. The van der Waals surface area contributed by atoms with Crippen LogP contribution in [0.4, 0.5) is 0 Å². The summed E-state index contributed by atoms with van der Waals surface area (Å²) in [5.41, 5.74) is 8.45. The molecule has 1 atom stereocenters. The molecule has 0 saturated carbocycles. The molecule has 4 heteroatoms. The van der Waals surface area contributed by atoms with Gasteiger partial charge in [0.05, 0.1) is 22.3 Å². The highest BCUT2D eigenvalue weighted by Crippen LogP contribution is 2.28. The number of aromatic nitrogens is 1. The summed E-state index contributed by atoms with van der Waals surface area (Å²) in [6.07, 6.45) is 1.80. The van der Waals surface area contributed by atoms with Crippen molar-refractivity contribution in [3.8, 4) is 5.75 Å². The van der Waals surface area contributed by atoms with Gasteiger partial charge in [-0.1, -0.05) is 30.3 Å². The van der Waals surface area contributed by atoms with Gasteiger partial charge in [0, 0.05) is 12.5 Å². The molecule has 2 N–H and O–H groups in total. The summed E-state index contributed by atoms with van der Waals surface area (Å²) >= 11 is 1.72. The highest BCUT2D eigenvalue weighted by molar-refractivity contribution is 7.18. The Kier molecular flexibility index (Phi) is 4.18. The quantitative estimate of drug-likeness (QED) is 0.776. The van der Waals surface area contributed by atoms with Gasteiger partial charge in [-0.25, -0.2) is 4.98 Å². The van der Waals surface area contributed by atoms with E-state index in [9.17, 15) is 0 Å². The second-order valence-corrected chi connectivity index (χ2v) is 6.11. The fourth-order valence-corrected chi connectivity index (χ4v) is 3.34. The van der Waals surface area contributed by atoms with Crippen LogP contribution in [0.15, 0.2) is 48.5 Å². The Hall–Kier alpha value is -1.91. The lowest BCUT2D eigenvalue weighted by Gasteiger charge is -2.10. The fraction of sp³-hybridized carbons (Fsp3) is 0.235. The van der Waals surface area contributed by atoms with Crippen LogP contribution in [0.25, 0.3) is 10.2 Å². The highest BCUT2D eigenvalue weighted by Gasteiger charge is 2.09. The van der Waals surface area contributed by atoms with Crippen LogP contribution in [0.3, 0.4) is 0 Å². The minimum atomic E-state index is 0.0627. The molecular weight excluding hydrogens is 280 g/mol. The van der Waals surface area contributed by atoms with Gasteiger partial charge in [-0.05, 0) is 30.2 Å². The number of nitrogens with zero attached hydrogens (tertiary/aromatic N) is 1. The molecule has 3 nitrogen and oxygen atoms in total. The molecule has 2 aromatic carbocycles. The van der Waals surface area contributed by atoms with E-state index in [-0.39, 0.29) is 6.04 Å². The summed E-state index contributed by atoms with van der Waals surface area (Å²) in [6, 6.07) is 16.3. The molecule has 0 saturated heterocycles. The van der Waals surface area contributed by atoms with Gasteiger partial charge in [0.2, 0.25) is 0 Å². The van der Waals surface area contributed by atoms with E-state index >= 15 is 0 Å². The molecule has 0 amide bonds. The Morgan fingerprint density at radius 2 is 2.00 bits per heavy atom. The molecule has 0 spiro atoms. The van der Waals surface area contributed by atoms with E-state index in [1.165, 1.54) is 5.56 Å². The smallest absolute Gasteiger partial charge is 0.120 e. The number of benzene rings is 2. The van der Waals surface area contributed by atoms with Crippen LogP contribution < -0.4 is 10.5 Å². The first-order chi connectivity index (χ1) is 10.3. The number of methoxy groups -OCH3 is 1. The van der Waals surface area contributed by atoms with Crippen molar-refractivity contribution in [2.75, 3.05) is 7.11 Å². The van der Waals surface area contributed by atoms with E-state index < -0.39 is 0 Å². The monoisotopic (exact) mass is 298 g/mol. The van der Waals surface area contributed by atoms with Crippen molar-refractivity contribution >= 4 is 21.6 Å². The molecule has 0 aliphatic heterocycles. The summed E-state index contributed by atoms with van der Waals surface area (Å²) in [4.78, 5) is 4.66. The maximum absolute atomic E-state index is 6.24. The Morgan fingerprint density at radius 1 is 1.19 bits per heavy atom. The molecule has 0 aliphatic rings. The number of fused-ring (bicyclic) bond motifs is 1. The molecule has 1 aromatic heterocycles. The van der Waals surface area contributed by atoms with Gasteiger partial charge in [-0.3, -0.25) is 0 Å². The molecule has 21 heavy (non-hydrogen) atoms. The molecule has 3 aromatic rings. The van der Waals surface area contributed by atoms with E-state index in [4.69, 9.17) is 10.5 Å². The summed E-state index contributed by atoms with van der Waals surface area (Å²) in [7, 11) is 1.68. The Morgan fingerprint density at radius 3 is 2.76 bits per heavy atom. The van der Waals surface area contributed by atoms with Crippen LogP contribution >= 0.6 is 11.3 Å². The van der Waals surface area contributed by atoms with Crippen LogP contribution in [0.1, 0.15) is 23.0 Å². The topological polar surface area (TPSA) is 48.1 Å². The molecule has 3 rings (SSSR count). The summed E-state index contributed by atoms with van der Waals surface area (Å²) in [5.74, 6) is 0.874. The molecular formula is C17H18N2OS. The number of nitrogens with two attached hydrogens (primary N) is 1. The first-order valence-electron chi connectivity index (χ1n) is 7.00. The number of rotatable bonds is 5. The number of thiazole rings is 1. The van der Waals surface area contributed by atoms with Gasteiger partial charge in [0.25, 0.3) is 0 Å². The fourth-order valence-electron chi connectivity index (χ4n) is 2.33. The van der Waals surface area contributed by atoms with Crippen molar-refractivity contribution in [3.05, 3.63) is 59.1 Å². The molecule has 0 aliphatic carbocycles. The maximum atomic E-state index is 6.24. The lowest BCUT2D eigenvalue weighted by molar-refractivity contribution is 0.415. The Labute approximate surface area is 128 Å². The number of hydrogen-bond acceptors (Lipinski definition) is 4. The molecule has 0 radical (unpaired) electrons. The van der Waals surface area contributed by atoms with Crippen molar-refractivity contribution in [3.63, 3.8) is 0 Å². The first kappa shape index (κ1) is 14.0. The lowest BCUT2D eigenvalue weighted by Crippen LogP contribution is -2.10. The van der Waals surface area contributed by atoms with Crippen molar-refractivity contribution in [1.29, 1.82) is 0 Å². The van der Waals surface area contributed by atoms with E-state index in [0.717, 1.165) is 33.8 Å². The highest BCUT2D eigenvalue weighted by atomic mass is 32.1. The van der Waals surface area contributed by atoms with Crippen molar-refractivity contribution in [1.82, 2.24) is 4.98 Å². The number of hydrogen-bond donors (Lipinski definition) is 1. The third-order valence-electron chi connectivity index (χ3n) is 3.54. The van der Waals surface area contributed by atoms with Gasteiger partial charge in [0.1, 0.15) is 5.75 Å². The van der Waals surface area contributed by atoms with E-state index in [1.807, 2.05) is 36.4 Å². The SMILES string of the molecule is COc1ccc2nc(CCC(N)c3ccccc3)sc2c1. The van der Waals surface area contributed by atoms with Crippen LogP contribution in [-0.4, -0.2) is 12.1 Å². The van der Waals surface area contributed by atoms with Crippen LogP contribution in [0, 0.1) is 0 Å². The zero-order valence-corrected chi connectivity index (χ0v) is 12.8. The minimum Gasteiger partial charge on any atom is -0.497 e. The standard InChI is InChI=1S/C17H18N2OS/c1-20-13-7-9-15-16(11-13)21-17(19-15)10-8-14(18)12-5-3-2-4-6-12/h2-7,9,11,14H,8,10,18H2,1H3. The number of aryl methyl sites for hydroxylation is 1. The average Bonchev–Trinajstić information content (AvgIpc) is 2.95. The van der Waals surface area contributed by atoms with E-state index in [2.05, 4.69) is 17.1 Å². The third kappa shape index (κ3) is 3.23. The summed E-state index contributed by atoms with van der Waals surface area (Å²) in [6.45, 7) is 0. The van der Waals surface area contributed by atoms with Crippen LogP contribution in [-0.2, 0) is 6.42 Å². The summed E-state index contributed by atoms with van der Waals surface area (Å²) in [5, 5.41) is 1.13. The first-order valence-corrected chi connectivity index (χ1v) is 7.82. The zero-order valence-electron chi connectivity index (χ0n) is 12.0. The Bertz CT molecular complexity index is 724. The molecule has 0 bridgehead atoms. The van der Waals surface area contributed by atoms with E-state index in [1.54, 1.807) is 18.4 Å². The second kappa shape index (κ2) is 6.24. The van der Waals surface area contributed by atoms with Crippen molar-refractivity contribution in [2.45, 2.75) is 18.9 Å². The van der Waals surface area contributed by atoms with Crippen LogP contribution in [0.2, 0.25) is 0 Å².